The first-order valence-electron chi connectivity index (χ1n) is 8.42. The molecule has 1 fully saturated rings. The SMILES string of the molecule is CCCCCCCCCC[C@@H]1C[C@@H](O)[C@H](O)[C@@H](CO)N1. The second kappa shape index (κ2) is 10.6. The molecule has 0 saturated carbocycles. The van der Waals surface area contributed by atoms with Crippen molar-refractivity contribution in [3.8, 4) is 0 Å². The predicted octanol–water partition coefficient (Wildman–Crippen LogP) is 1.96. The Kier molecular flexibility index (Phi) is 9.44. The number of hydrogen-bond donors (Lipinski definition) is 4. The molecule has 0 unspecified atom stereocenters. The zero-order valence-corrected chi connectivity index (χ0v) is 12.9. The predicted molar refractivity (Wildman–Crippen MR) is 81.7 cm³/mol. The molecule has 4 nitrogen and oxygen atoms in total. The first-order valence-corrected chi connectivity index (χ1v) is 8.42. The van der Waals surface area contributed by atoms with Gasteiger partial charge in [-0.1, -0.05) is 58.3 Å². The van der Waals surface area contributed by atoms with Gasteiger partial charge in [0.25, 0.3) is 0 Å². The summed E-state index contributed by atoms with van der Waals surface area (Å²) in [6.07, 6.45) is 10.5. The summed E-state index contributed by atoms with van der Waals surface area (Å²) in [6.45, 7) is 2.12. The smallest absolute Gasteiger partial charge is 0.0974 e. The molecule has 120 valence electrons. The molecule has 0 aliphatic carbocycles. The van der Waals surface area contributed by atoms with E-state index in [1.54, 1.807) is 0 Å². The molecule has 4 N–H and O–H groups in total. The van der Waals surface area contributed by atoms with Crippen LogP contribution in [0.2, 0.25) is 0 Å². The summed E-state index contributed by atoms with van der Waals surface area (Å²) in [7, 11) is 0. The van der Waals surface area contributed by atoms with Gasteiger partial charge >= 0.3 is 0 Å². The molecular formula is C16H33NO3. The fraction of sp³-hybridized carbons (Fsp3) is 1.00. The third-order valence-corrected chi connectivity index (χ3v) is 4.39. The van der Waals surface area contributed by atoms with Crippen LogP contribution in [-0.2, 0) is 0 Å². The Bertz CT molecular complexity index is 238. The van der Waals surface area contributed by atoms with E-state index in [1.807, 2.05) is 0 Å². The van der Waals surface area contributed by atoms with E-state index in [0.717, 1.165) is 12.8 Å². The van der Waals surface area contributed by atoms with Crippen molar-refractivity contribution in [2.45, 2.75) is 95.4 Å². The van der Waals surface area contributed by atoms with E-state index in [0.29, 0.717) is 6.42 Å². The molecular weight excluding hydrogens is 254 g/mol. The van der Waals surface area contributed by atoms with Crippen molar-refractivity contribution in [3.05, 3.63) is 0 Å². The zero-order valence-electron chi connectivity index (χ0n) is 12.9. The average molecular weight is 287 g/mol. The molecule has 0 radical (unpaired) electrons. The summed E-state index contributed by atoms with van der Waals surface area (Å²) in [4.78, 5) is 0. The van der Waals surface area contributed by atoms with Crippen LogP contribution in [0.3, 0.4) is 0 Å². The van der Waals surface area contributed by atoms with Crippen LogP contribution in [-0.4, -0.2) is 46.2 Å². The number of rotatable bonds is 10. The van der Waals surface area contributed by atoms with Crippen molar-refractivity contribution in [1.29, 1.82) is 0 Å². The lowest BCUT2D eigenvalue weighted by Gasteiger charge is -2.37. The quantitative estimate of drug-likeness (QED) is 0.464. The Morgan fingerprint density at radius 3 is 2.15 bits per heavy atom. The van der Waals surface area contributed by atoms with Crippen LogP contribution >= 0.6 is 0 Å². The molecule has 0 bridgehead atoms. The van der Waals surface area contributed by atoms with Crippen LogP contribution in [0.25, 0.3) is 0 Å². The monoisotopic (exact) mass is 287 g/mol. The van der Waals surface area contributed by atoms with Gasteiger partial charge in [0.2, 0.25) is 0 Å². The first-order chi connectivity index (χ1) is 9.69. The van der Waals surface area contributed by atoms with E-state index in [2.05, 4.69) is 12.2 Å². The van der Waals surface area contributed by atoms with E-state index in [9.17, 15) is 15.3 Å². The second-order valence-electron chi connectivity index (χ2n) is 6.21. The third-order valence-electron chi connectivity index (χ3n) is 4.39. The Labute approximate surface area is 123 Å². The van der Waals surface area contributed by atoms with E-state index in [1.165, 1.54) is 44.9 Å². The van der Waals surface area contributed by atoms with E-state index in [-0.39, 0.29) is 18.7 Å². The van der Waals surface area contributed by atoms with Crippen molar-refractivity contribution in [2.75, 3.05) is 6.61 Å². The number of piperidine rings is 1. The van der Waals surface area contributed by atoms with Crippen molar-refractivity contribution in [3.63, 3.8) is 0 Å². The van der Waals surface area contributed by atoms with Gasteiger partial charge in [-0.3, -0.25) is 0 Å². The standard InChI is InChI=1S/C16H33NO3/c1-2-3-4-5-6-7-8-9-10-13-11-15(19)16(20)14(12-18)17-13/h13-20H,2-12H2,1H3/t13-,14-,15-,16-/m1/s1. The Morgan fingerprint density at radius 1 is 0.950 bits per heavy atom. The summed E-state index contributed by atoms with van der Waals surface area (Å²) >= 11 is 0. The molecule has 1 saturated heterocycles. The van der Waals surface area contributed by atoms with Gasteiger partial charge in [-0.15, -0.1) is 0 Å². The molecule has 0 aromatic carbocycles. The molecule has 0 amide bonds. The molecule has 1 aliphatic heterocycles. The van der Waals surface area contributed by atoms with E-state index < -0.39 is 12.2 Å². The van der Waals surface area contributed by atoms with Crippen LogP contribution in [0.5, 0.6) is 0 Å². The highest BCUT2D eigenvalue weighted by molar-refractivity contribution is 4.91. The van der Waals surface area contributed by atoms with Gasteiger partial charge in [0, 0.05) is 6.04 Å². The van der Waals surface area contributed by atoms with Gasteiger partial charge in [0.15, 0.2) is 0 Å². The van der Waals surface area contributed by atoms with Crippen molar-refractivity contribution in [1.82, 2.24) is 5.32 Å². The Morgan fingerprint density at radius 2 is 1.55 bits per heavy atom. The van der Waals surface area contributed by atoms with Gasteiger partial charge in [-0.2, -0.15) is 0 Å². The summed E-state index contributed by atoms with van der Waals surface area (Å²) < 4.78 is 0. The minimum atomic E-state index is -0.838. The maximum Gasteiger partial charge on any atom is 0.0974 e. The summed E-state index contributed by atoms with van der Waals surface area (Å²) in [5.74, 6) is 0. The largest absolute Gasteiger partial charge is 0.395 e. The lowest BCUT2D eigenvalue weighted by atomic mass is 9.90. The van der Waals surface area contributed by atoms with Crippen LogP contribution < -0.4 is 5.32 Å². The molecule has 1 rings (SSSR count). The minimum Gasteiger partial charge on any atom is -0.395 e. The highest BCUT2D eigenvalue weighted by Gasteiger charge is 2.34. The summed E-state index contributed by atoms with van der Waals surface area (Å²) in [5, 5.41) is 31.9. The highest BCUT2D eigenvalue weighted by Crippen LogP contribution is 2.19. The number of aliphatic hydroxyl groups is 3. The fourth-order valence-electron chi connectivity index (χ4n) is 3.05. The fourth-order valence-corrected chi connectivity index (χ4v) is 3.05. The van der Waals surface area contributed by atoms with E-state index in [4.69, 9.17) is 0 Å². The maximum atomic E-state index is 9.77. The minimum absolute atomic E-state index is 0.119. The highest BCUT2D eigenvalue weighted by atomic mass is 16.3. The van der Waals surface area contributed by atoms with Crippen molar-refractivity contribution in [2.24, 2.45) is 0 Å². The molecule has 1 aliphatic rings. The molecule has 20 heavy (non-hydrogen) atoms. The van der Waals surface area contributed by atoms with Gasteiger partial charge in [0.1, 0.15) is 0 Å². The number of unbranched alkanes of at least 4 members (excludes halogenated alkanes) is 7. The van der Waals surface area contributed by atoms with Crippen molar-refractivity contribution < 1.29 is 15.3 Å². The number of nitrogens with one attached hydrogen (secondary N) is 1. The lowest BCUT2D eigenvalue weighted by molar-refractivity contribution is -0.0519. The Balaban J connectivity index is 2.04. The third kappa shape index (κ3) is 6.53. The normalized spacial score (nSPS) is 30.6. The van der Waals surface area contributed by atoms with Crippen LogP contribution in [0, 0.1) is 0 Å². The molecule has 4 heteroatoms. The Hall–Kier alpha value is -0.160. The number of hydrogen-bond acceptors (Lipinski definition) is 4. The zero-order chi connectivity index (χ0) is 14.8. The lowest BCUT2D eigenvalue weighted by Crippen LogP contribution is -2.58. The topological polar surface area (TPSA) is 72.7 Å². The molecule has 0 aromatic rings. The van der Waals surface area contributed by atoms with Crippen LogP contribution in [0.1, 0.15) is 71.1 Å². The van der Waals surface area contributed by atoms with Crippen LogP contribution in [0.15, 0.2) is 0 Å². The van der Waals surface area contributed by atoms with Gasteiger partial charge in [0.05, 0.1) is 24.9 Å². The number of aliphatic hydroxyl groups excluding tert-OH is 3. The molecule has 1 heterocycles. The summed E-state index contributed by atoms with van der Waals surface area (Å²) in [6, 6.07) is -0.150. The van der Waals surface area contributed by atoms with E-state index >= 15 is 0 Å². The van der Waals surface area contributed by atoms with Gasteiger partial charge < -0.3 is 20.6 Å². The average Bonchev–Trinajstić information content (AvgIpc) is 2.45. The van der Waals surface area contributed by atoms with Gasteiger partial charge in [-0.05, 0) is 12.8 Å². The molecule has 0 spiro atoms. The maximum absolute atomic E-state index is 9.77. The second-order valence-corrected chi connectivity index (χ2v) is 6.21. The van der Waals surface area contributed by atoms with Crippen LogP contribution in [0.4, 0.5) is 0 Å². The van der Waals surface area contributed by atoms with Gasteiger partial charge in [-0.25, -0.2) is 0 Å². The molecule has 0 aromatic heterocycles. The summed E-state index contributed by atoms with van der Waals surface area (Å²) in [5.41, 5.74) is 0. The first kappa shape index (κ1) is 17.9. The molecule has 4 atom stereocenters. The van der Waals surface area contributed by atoms with Crippen molar-refractivity contribution >= 4 is 0 Å².